The van der Waals surface area contributed by atoms with Gasteiger partial charge in [-0.3, -0.25) is 0 Å². The zero-order valence-electron chi connectivity index (χ0n) is 2.03. The number of hydrogen-bond donors (Lipinski definition) is 1. The van der Waals surface area contributed by atoms with Crippen LogP contribution in [0.2, 0.25) is 0 Å². The first-order valence-corrected chi connectivity index (χ1v) is 2.53. The normalized spacial score (nSPS) is 7.50. The molecule has 0 atom stereocenters. The van der Waals surface area contributed by atoms with Crippen molar-refractivity contribution >= 4 is 21.4 Å². The maximum absolute atomic E-state index is 7.77. The van der Waals surface area contributed by atoms with Crippen LogP contribution in [-0.4, -0.2) is 20.1 Å². The van der Waals surface area contributed by atoms with Gasteiger partial charge < -0.3 is 4.80 Å². The summed E-state index contributed by atoms with van der Waals surface area (Å²) in [6, 6.07) is 0. The van der Waals surface area contributed by atoms with Gasteiger partial charge in [-0.05, 0) is 0 Å². The fraction of sp³-hybridized carbons (Fsp3) is 1.00. The van der Waals surface area contributed by atoms with Gasteiger partial charge >= 0.3 is 0 Å². The number of alkyl halides is 1. The molecule has 1 N–H and O–H groups in total. The van der Waals surface area contributed by atoms with Gasteiger partial charge in [-0.1, -0.05) is 0 Å². The van der Waals surface area contributed by atoms with Crippen LogP contribution in [0.4, 0.5) is 0 Å². The molecule has 0 aliphatic rings. The summed E-state index contributed by atoms with van der Waals surface area (Å²) in [6.45, 7) is 0. The van der Waals surface area contributed by atoms with E-state index >= 15 is 0 Å². The number of hydrogen-bond acceptors (Lipinski definition) is 1. The molecule has 0 aromatic heterocycles. The van der Waals surface area contributed by atoms with Crippen LogP contribution in [0.25, 0.3) is 0 Å². The Balaban J connectivity index is 1.97. The lowest BCUT2D eigenvalue weighted by Crippen LogP contribution is -1.84. The van der Waals surface area contributed by atoms with Crippen LogP contribution in [0.15, 0.2) is 0 Å². The first-order valence-electron chi connectivity index (χ1n) is 0.844. The highest BCUT2D eigenvalue weighted by Crippen LogP contribution is 1.60. The highest BCUT2D eigenvalue weighted by atomic mass is 35.5. The molecule has 0 rings (SSSR count). The van der Waals surface area contributed by atoms with E-state index in [1.165, 1.54) is 0 Å². The van der Waals surface area contributed by atoms with Crippen LogP contribution in [0.1, 0.15) is 0 Å². The van der Waals surface area contributed by atoms with Gasteiger partial charge in [0.05, 0.1) is 0 Å². The van der Waals surface area contributed by atoms with Crippen LogP contribution in [0.3, 0.4) is 0 Å². The zero-order valence-corrected chi connectivity index (χ0v) is 3.79. The monoisotopic (exact) mass is 94.0 g/mol. The molecular weight excluding hydrogens is 91.5 g/mol. The second-order valence-electron chi connectivity index (χ2n) is 0.292. The molecule has 24 valence electrons. The van der Waals surface area contributed by atoms with Crippen LogP contribution in [-0.2, 0) is 0 Å². The van der Waals surface area contributed by atoms with Crippen molar-refractivity contribution in [1.29, 1.82) is 0 Å². The van der Waals surface area contributed by atoms with Crippen molar-refractivity contribution in [2.75, 3.05) is 5.50 Å². The van der Waals surface area contributed by atoms with Crippen molar-refractivity contribution in [3.8, 4) is 0 Å². The molecule has 0 saturated heterocycles. The minimum atomic E-state index is -0.0941. The molecule has 0 unspecified atom stereocenters. The predicted molar refractivity (Wildman–Crippen MR) is 18.7 cm³/mol. The summed E-state index contributed by atoms with van der Waals surface area (Å²) < 4.78 is 0. The summed E-state index contributed by atoms with van der Waals surface area (Å²) in [5.74, 6) is 0. The van der Waals surface area contributed by atoms with Crippen LogP contribution in [0, 0.1) is 0 Å². The minimum absolute atomic E-state index is 0.0941. The Morgan fingerprint density at radius 3 is 2.25 bits per heavy atom. The quantitative estimate of drug-likeness (QED) is 0.352. The van der Waals surface area contributed by atoms with Gasteiger partial charge in [0.25, 0.3) is 0 Å². The summed E-state index contributed by atoms with van der Waals surface area (Å²) >= 11 is 4.95. The smallest absolute Gasteiger partial charge is 0.240 e. The number of halogens is 1. The zero-order chi connectivity index (χ0) is 3.41. The van der Waals surface area contributed by atoms with E-state index in [2.05, 4.69) is 0 Å². The maximum Gasteiger partial charge on any atom is 0.240 e. The fourth-order valence-corrected chi connectivity index (χ4v) is 0. The van der Waals surface area contributed by atoms with Crippen molar-refractivity contribution < 1.29 is 4.80 Å². The Labute approximate surface area is 32.5 Å². The second kappa shape index (κ2) is 3.47. The Kier molecular flexibility index (Phi) is 3.87. The molecule has 0 fully saturated rings. The van der Waals surface area contributed by atoms with E-state index in [1.54, 1.807) is 0 Å². The van der Waals surface area contributed by atoms with Crippen molar-refractivity contribution in [2.45, 2.75) is 0 Å². The third kappa shape index (κ3) is 2.47. The van der Waals surface area contributed by atoms with Crippen LogP contribution < -0.4 is 0 Å². The summed E-state index contributed by atoms with van der Waals surface area (Å²) in [5.41, 5.74) is 0.375. The minimum Gasteiger partial charge on any atom is -0.431 e. The SMILES string of the molecule is O[Si]CCl. The van der Waals surface area contributed by atoms with E-state index in [0.717, 1.165) is 0 Å². The average molecular weight is 94.6 g/mol. The molecule has 0 amide bonds. The maximum atomic E-state index is 7.77. The van der Waals surface area contributed by atoms with Crippen LogP contribution in [0.5, 0.6) is 0 Å². The molecule has 0 heterocycles. The molecule has 4 heavy (non-hydrogen) atoms. The Hall–Kier alpha value is 0.467. The van der Waals surface area contributed by atoms with E-state index in [1.807, 2.05) is 0 Å². The Morgan fingerprint density at radius 2 is 2.25 bits per heavy atom. The molecule has 0 saturated carbocycles. The van der Waals surface area contributed by atoms with Crippen molar-refractivity contribution in [3.05, 3.63) is 0 Å². The van der Waals surface area contributed by atoms with Gasteiger partial charge in [0, 0.05) is 5.50 Å². The van der Waals surface area contributed by atoms with E-state index in [4.69, 9.17) is 16.4 Å². The summed E-state index contributed by atoms with van der Waals surface area (Å²) in [4.78, 5) is 7.77. The predicted octanol–water partition coefficient (Wildman–Crippen LogP) is -0.206. The lowest BCUT2D eigenvalue weighted by molar-refractivity contribution is 0.608. The number of rotatable bonds is 1. The average Bonchev–Trinajstić information content (AvgIpc) is 1.37. The van der Waals surface area contributed by atoms with Gasteiger partial charge in [-0.2, -0.15) is 0 Å². The summed E-state index contributed by atoms with van der Waals surface area (Å²) in [5, 5.41) is 0. The lowest BCUT2D eigenvalue weighted by Gasteiger charge is -1.62. The van der Waals surface area contributed by atoms with Crippen molar-refractivity contribution in [2.24, 2.45) is 0 Å². The second-order valence-corrected chi connectivity index (χ2v) is 1.68. The standard InChI is InChI=1S/CH3ClOSi/c2-1-4-3/h3H,1H2. The van der Waals surface area contributed by atoms with Gasteiger partial charge in [-0.15, -0.1) is 11.6 Å². The van der Waals surface area contributed by atoms with Crippen LogP contribution >= 0.6 is 11.6 Å². The Bertz CT molecular complexity index is 10.0. The molecule has 0 aromatic carbocycles. The first-order chi connectivity index (χ1) is 1.91. The van der Waals surface area contributed by atoms with E-state index < -0.39 is 0 Å². The van der Waals surface area contributed by atoms with Gasteiger partial charge in [0.15, 0.2) is 0 Å². The lowest BCUT2D eigenvalue weighted by atomic mass is 11.9. The molecule has 2 radical (unpaired) electrons. The van der Waals surface area contributed by atoms with E-state index in [-0.39, 0.29) is 9.76 Å². The Morgan fingerprint density at radius 1 is 2.00 bits per heavy atom. The molecule has 0 spiro atoms. The van der Waals surface area contributed by atoms with Gasteiger partial charge in [-0.25, -0.2) is 0 Å². The molecule has 0 aromatic rings. The molecule has 0 aliphatic heterocycles. The van der Waals surface area contributed by atoms with E-state index in [9.17, 15) is 0 Å². The molecular formula is CH3ClOSi. The molecule has 0 bridgehead atoms. The third-order valence-electron chi connectivity index (χ3n) is 0.0598. The van der Waals surface area contributed by atoms with Crippen molar-refractivity contribution in [3.63, 3.8) is 0 Å². The highest BCUT2D eigenvalue weighted by molar-refractivity contribution is 6.44. The molecule has 3 heteroatoms. The molecule has 0 aliphatic carbocycles. The fourth-order valence-electron chi connectivity index (χ4n) is 0. The van der Waals surface area contributed by atoms with Gasteiger partial charge in [0.1, 0.15) is 0 Å². The van der Waals surface area contributed by atoms with Gasteiger partial charge in [0.2, 0.25) is 9.76 Å². The molecule has 1 nitrogen and oxygen atoms in total. The summed E-state index contributed by atoms with van der Waals surface area (Å²) in [7, 11) is -0.0941. The first kappa shape index (κ1) is 4.47. The topological polar surface area (TPSA) is 20.2 Å². The summed E-state index contributed by atoms with van der Waals surface area (Å²) in [6.07, 6.45) is 0. The van der Waals surface area contributed by atoms with E-state index in [0.29, 0.717) is 5.50 Å². The highest BCUT2D eigenvalue weighted by Gasteiger charge is 1.66. The van der Waals surface area contributed by atoms with Crippen molar-refractivity contribution in [1.82, 2.24) is 0 Å². The third-order valence-corrected chi connectivity index (χ3v) is 0.538. The largest absolute Gasteiger partial charge is 0.431 e.